The maximum atomic E-state index is 13.4. The molecule has 36 heavy (non-hydrogen) atoms. The van der Waals surface area contributed by atoms with Crippen LogP contribution in [0.15, 0.2) is 42.5 Å². The Bertz CT molecular complexity index is 1190. The summed E-state index contributed by atoms with van der Waals surface area (Å²) in [6, 6.07) is 6.23. The van der Waals surface area contributed by atoms with Crippen LogP contribution in [0.3, 0.4) is 0 Å². The number of hydrogen-bond donors (Lipinski definition) is 1. The number of halogens is 5. The van der Waals surface area contributed by atoms with Crippen molar-refractivity contribution < 1.29 is 35.6 Å². The molecule has 0 spiro atoms. The number of amides is 2. The number of nitrogens with one attached hydrogen (secondary N) is 1. The lowest BCUT2D eigenvalue weighted by atomic mass is 10.1. The van der Waals surface area contributed by atoms with Crippen LogP contribution in [0.4, 0.5) is 23.2 Å². The van der Waals surface area contributed by atoms with Crippen molar-refractivity contribution in [1.29, 1.82) is 0 Å². The number of nitrogens with zero attached hydrogens (tertiary/aromatic N) is 2. The van der Waals surface area contributed by atoms with E-state index >= 15 is 0 Å². The van der Waals surface area contributed by atoms with Gasteiger partial charge in [0.2, 0.25) is 21.8 Å². The third-order valence-corrected chi connectivity index (χ3v) is 6.67. The number of hydrogen-bond acceptors (Lipinski definition) is 4. The average Bonchev–Trinajstić information content (AvgIpc) is 2.77. The lowest BCUT2D eigenvalue weighted by molar-refractivity contribution is -0.140. The largest absolute Gasteiger partial charge is 0.416 e. The van der Waals surface area contributed by atoms with E-state index in [1.165, 1.54) is 12.1 Å². The lowest BCUT2D eigenvalue weighted by Crippen LogP contribution is -2.52. The standard InChI is InChI=1S/C23H26ClF4N3O4S/c1-4-19(22(33)29-5-2)30(13-15-6-9-17(25)10-7-15)21(32)14-31(36(3,34)35)20-12-16(23(26,27)28)8-11-18(20)24/h6-12,19H,4-5,13-14H2,1-3H3,(H,29,33)/t19-/m1/s1. The van der Waals surface area contributed by atoms with Crippen LogP contribution in [0.1, 0.15) is 31.4 Å². The lowest BCUT2D eigenvalue weighted by Gasteiger charge is -2.33. The Morgan fingerprint density at radius 2 is 1.69 bits per heavy atom. The van der Waals surface area contributed by atoms with Crippen LogP contribution < -0.4 is 9.62 Å². The fraction of sp³-hybridized carbons (Fsp3) is 0.391. The minimum absolute atomic E-state index is 0.155. The number of alkyl halides is 3. The molecular weight excluding hydrogens is 526 g/mol. The number of likely N-dealkylation sites (N-methyl/N-ethyl adjacent to an activating group) is 1. The van der Waals surface area contributed by atoms with Gasteiger partial charge in [-0.05, 0) is 49.2 Å². The number of sulfonamides is 1. The van der Waals surface area contributed by atoms with Gasteiger partial charge in [-0.15, -0.1) is 0 Å². The normalized spacial score (nSPS) is 12.7. The molecule has 1 atom stereocenters. The summed E-state index contributed by atoms with van der Waals surface area (Å²) in [6.45, 7) is 2.49. The van der Waals surface area contributed by atoms with E-state index in [0.717, 1.165) is 29.4 Å². The summed E-state index contributed by atoms with van der Waals surface area (Å²) in [5, 5.41) is 2.29. The highest BCUT2D eigenvalue weighted by Gasteiger charge is 2.35. The summed E-state index contributed by atoms with van der Waals surface area (Å²) < 4.78 is 78.8. The molecule has 0 heterocycles. The Morgan fingerprint density at radius 3 is 2.19 bits per heavy atom. The molecule has 13 heteroatoms. The zero-order valence-corrected chi connectivity index (χ0v) is 21.3. The minimum atomic E-state index is -4.79. The molecule has 0 aliphatic carbocycles. The van der Waals surface area contributed by atoms with Gasteiger partial charge in [0.1, 0.15) is 18.4 Å². The summed E-state index contributed by atoms with van der Waals surface area (Å²) in [4.78, 5) is 27.2. The van der Waals surface area contributed by atoms with Gasteiger partial charge in [0, 0.05) is 13.1 Å². The third kappa shape index (κ3) is 7.57. The van der Waals surface area contributed by atoms with Crippen LogP contribution in [-0.2, 0) is 32.3 Å². The highest BCUT2D eigenvalue weighted by atomic mass is 35.5. The van der Waals surface area contributed by atoms with E-state index in [0.29, 0.717) is 22.0 Å². The quantitative estimate of drug-likeness (QED) is 0.448. The summed E-state index contributed by atoms with van der Waals surface area (Å²) in [5.74, 6) is -1.88. The SMILES string of the molecule is CCNC(=O)[C@@H](CC)N(Cc1ccc(F)cc1)C(=O)CN(c1cc(C(F)(F)F)ccc1Cl)S(C)(=O)=O. The van der Waals surface area contributed by atoms with E-state index in [1.54, 1.807) is 13.8 Å². The monoisotopic (exact) mass is 551 g/mol. The van der Waals surface area contributed by atoms with Gasteiger partial charge in [0.05, 0.1) is 22.5 Å². The Balaban J connectivity index is 2.53. The van der Waals surface area contributed by atoms with Crippen molar-refractivity contribution in [3.8, 4) is 0 Å². The number of carbonyl (C=O) groups excluding carboxylic acids is 2. The molecule has 0 aliphatic heterocycles. The Labute approximate surface area is 212 Å². The second-order valence-electron chi connectivity index (χ2n) is 7.90. The van der Waals surface area contributed by atoms with Gasteiger partial charge in [-0.3, -0.25) is 13.9 Å². The maximum Gasteiger partial charge on any atom is 0.416 e. The molecule has 0 fully saturated rings. The first kappa shape index (κ1) is 29.4. The van der Waals surface area contributed by atoms with Crippen molar-refractivity contribution in [2.75, 3.05) is 23.7 Å². The van der Waals surface area contributed by atoms with Gasteiger partial charge in [-0.1, -0.05) is 30.7 Å². The molecule has 7 nitrogen and oxygen atoms in total. The predicted molar refractivity (Wildman–Crippen MR) is 128 cm³/mol. The molecule has 2 amide bonds. The van der Waals surface area contributed by atoms with Crippen LogP contribution in [0.25, 0.3) is 0 Å². The molecule has 0 aliphatic rings. The summed E-state index contributed by atoms with van der Waals surface area (Å²) in [6.07, 6.45) is -3.91. The van der Waals surface area contributed by atoms with Gasteiger partial charge in [-0.2, -0.15) is 13.2 Å². The predicted octanol–water partition coefficient (Wildman–Crippen LogP) is 4.21. The number of rotatable bonds is 10. The molecule has 2 aromatic rings. The van der Waals surface area contributed by atoms with E-state index in [1.807, 2.05) is 0 Å². The number of benzene rings is 2. The van der Waals surface area contributed by atoms with Crippen molar-refractivity contribution in [3.63, 3.8) is 0 Å². The average molecular weight is 552 g/mol. The van der Waals surface area contributed by atoms with E-state index in [4.69, 9.17) is 11.6 Å². The van der Waals surface area contributed by atoms with Gasteiger partial charge < -0.3 is 10.2 Å². The van der Waals surface area contributed by atoms with E-state index in [2.05, 4.69) is 5.32 Å². The minimum Gasteiger partial charge on any atom is -0.355 e. The van der Waals surface area contributed by atoms with Gasteiger partial charge in [-0.25, -0.2) is 12.8 Å². The highest BCUT2D eigenvalue weighted by Crippen LogP contribution is 2.36. The first-order valence-corrected chi connectivity index (χ1v) is 13.1. The Morgan fingerprint density at radius 1 is 1.08 bits per heavy atom. The zero-order valence-electron chi connectivity index (χ0n) is 19.8. The van der Waals surface area contributed by atoms with Crippen LogP contribution in [0.5, 0.6) is 0 Å². The molecule has 0 bridgehead atoms. The van der Waals surface area contributed by atoms with Gasteiger partial charge >= 0.3 is 6.18 Å². The van der Waals surface area contributed by atoms with Crippen molar-refractivity contribution >= 4 is 39.1 Å². The second-order valence-corrected chi connectivity index (χ2v) is 10.2. The number of carbonyl (C=O) groups is 2. The third-order valence-electron chi connectivity index (χ3n) is 5.22. The Hall–Kier alpha value is -2.86. The van der Waals surface area contributed by atoms with Gasteiger partial charge in [0.25, 0.3) is 0 Å². The fourth-order valence-corrected chi connectivity index (χ4v) is 4.60. The maximum absolute atomic E-state index is 13.4. The van der Waals surface area contributed by atoms with Crippen molar-refractivity contribution in [1.82, 2.24) is 10.2 Å². The molecule has 0 aromatic heterocycles. The smallest absolute Gasteiger partial charge is 0.355 e. The van der Waals surface area contributed by atoms with Crippen molar-refractivity contribution in [2.24, 2.45) is 0 Å². The molecule has 0 unspecified atom stereocenters. The first-order chi connectivity index (χ1) is 16.7. The molecule has 198 valence electrons. The Kier molecular flexibility index (Phi) is 9.72. The summed E-state index contributed by atoms with van der Waals surface area (Å²) >= 11 is 6.04. The topological polar surface area (TPSA) is 86.8 Å². The van der Waals surface area contributed by atoms with E-state index < -0.39 is 57.7 Å². The van der Waals surface area contributed by atoms with E-state index in [-0.39, 0.29) is 24.5 Å². The van der Waals surface area contributed by atoms with Gasteiger partial charge in [0.15, 0.2) is 0 Å². The van der Waals surface area contributed by atoms with Crippen LogP contribution in [-0.4, -0.2) is 50.5 Å². The highest BCUT2D eigenvalue weighted by molar-refractivity contribution is 7.92. The van der Waals surface area contributed by atoms with E-state index in [9.17, 15) is 35.6 Å². The van der Waals surface area contributed by atoms with Crippen molar-refractivity contribution in [2.45, 2.75) is 39.0 Å². The molecular formula is C23H26ClF4N3O4S. The van der Waals surface area contributed by atoms with Crippen LogP contribution >= 0.6 is 11.6 Å². The molecule has 2 rings (SSSR count). The summed E-state index contributed by atoms with van der Waals surface area (Å²) in [5.41, 5.74) is -1.23. The van der Waals surface area contributed by atoms with Crippen LogP contribution in [0, 0.1) is 5.82 Å². The molecule has 0 radical (unpaired) electrons. The molecule has 2 aromatic carbocycles. The molecule has 1 N–H and O–H groups in total. The fourth-order valence-electron chi connectivity index (χ4n) is 3.47. The molecule has 0 saturated heterocycles. The zero-order chi connectivity index (χ0) is 27.3. The number of anilines is 1. The first-order valence-electron chi connectivity index (χ1n) is 10.8. The summed E-state index contributed by atoms with van der Waals surface area (Å²) in [7, 11) is -4.29. The molecule has 0 saturated carbocycles. The van der Waals surface area contributed by atoms with Crippen LogP contribution in [0.2, 0.25) is 5.02 Å². The van der Waals surface area contributed by atoms with Crippen molar-refractivity contribution in [3.05, 3.63) is 64.4 Å². The second kappa shape index (κ2) is 11.9.